The number of thiazole rings is 1. The molecule has 1 aromatic heterocycles. The lowest BCUT2D eigenvalue weighted by molar-refractivity contribution is -0.130. The van der Waals surface area contributed by atoms with E-state index in [0.29, 0.717) is 16.2 Å². The molecule has 5 nitrogen and oxygen atoms in total. The number of para-hydroxylation sites is 2. The molecule has 2 heterocycles. The maximum Gasteiger partial charge on any atom is 0.293 e. The molecular weight excluding hydrogens is 386 g/mol. The molecule has 1 aliphatic rings. The first-order chi connectivity index (χ1) is 13.5. The fourth-order valence-electron chi connectivity index (χ4n) is 3.00. The van der Waals surface area contributed by atoms with E-state index < -0.39 is 29.7 Å². The number of fused-ring (bicyclic) bond motifs is 2. The van der Waals surface area contributed by atoms with Crippen molar-refractivity contribution in [3.8, 4) is 23.8 Å². The monoisotopic (exact) mass is 400 g/mol. The van der Waals surface area contributed by atoms with Crippen molar-refractivity contribution in [2.45, 2.75) is 25.7 Å². The zero-order valence-corrected chi connectivity index (χ0v) is 15.5. The van der Waals surface area contributed by atoms with E-state index in [4.69, 9.17) is 15.9 Å². The molecule has 0 bridgehead atoms. The van der Waals surface area contributed by atoms with Crippen molar-refractivity contribution in [2.75, 3.05) is 0 Å². The fourth-order valence-corrected chi connectivity index (χ4v) is 4.08. The molecule has 2 atom stereocenters. The standard InChI is InChI=1S/C20H14F2N2O3S/c1-3-8-24-17-13(22)9-12(21)10-16(17)28-20(24)23-19(25)18-11(2)26-14-6-4-5-7-15(14)27-18/h1,4-7,9-11,18H,8H2,2H3. The first-order valence-electron chi connectivity index (χ1n) is 8.40. The first-order valence-corrected chi connectivity index (χ1v) is 9.22. The molecule has 1 aliphatic heterocycles. The van der Waals surface area contributed by atoms with E-state index in [1.807, 2.05) is 0 Å². The highest BCUT2D eigenvalue weighted by atomic mass is 32.1. The third-order valence-corrected chi connectivity index (χ3v) is 5.26. The summed E-state index contributed by atoms with van der Waals surface area (Å²) >= 11 is 0.975. The van der Waals surface area contributed by atoms with Crippen LogP contribution in [-0.4, -0.2) is 22.7 Å². The van der Waals surface area contributed by atoms with Crippen molar-refractivity contribution in [3.05, 3.63) is 52.8 Å². The number of amides is 1. The summed E-state index contributed by atoms with van der Waals surface area (Å²) in [6.45, 7) is 1.68. The largest absolute Gasteiger partial charge is 0.482 e. The minimum absolute atomic E-state index is 0.0188. The van der Waals surface area contributed by atoms with Gasteiger partial charge in [0.15, 0.2) is 22.1 Å². The van der Waals surface area contributed by atoms with E-state index in [1.54, 1.807) is 31.2 Å². The van der Waals surface area contributed by atoms with E-state index in [2.05, 4.69) is 10.9 Å². The van der Waals surface area contributed by atoms with Crippen LogP contribution in [0.5, 0.6) is 11.5 Å². The molecule has 1 amide bonds. The van der Waals surface area contributed by atoms with Crippen LogP contribution in [0.3, 0.4) is 0 Å². The Kier molecular flexibility index (Phi) is 4.61. The van der Waals surface area contributed by atoms with E-state index in [9.17, 15) is 13.6 Å². The summed E-state index contributed by atoms with van der Waals surface area (Å²) in [4.78, 5) is 17.0. The van der Waals surface area contributed by atoms with Crippen LogP contribution in [0.15, 0.2) is 41.4 Å². The maximum absolute atomic E-state index is 14.3. The zero-order chi connectivity index (χ0) is 19.8. The predicted octanol–water partition coefficient (Wildman–Crippen LogP) is 3.27. The molecule has 0 fully saturated rings. The number of terminal acetylenes is 1. The van der Waals surface area contributed by atoms with Crippen LogP contribution in [0, 0.1) is 24.0 Å². The molecule has 2 unspecified atom stereocenters. The van der Waals surface area contributed by atoms with Gasteiger partial charge in [-0.05, 0) is 25.1 Å². The Morgan fingerprint density at radius 1 is 1.29 bits per heavy atom. The van der Waals surface area contributed by atoms with Crippen LogP contribution in [0.1, 0.15) is 6.92 Å². The number of hydrogen-bond donors (Lipinski definition) is 0. The van der Waals surface area contributed by atoms with Gasteiger partial charge >= 0.3 is 0 Å². The molecule has 0 saturated carbocycles. The number of carbonyl (C=O) groups is 1. The molecule has 142 valence electrons. The number of carbonyl (C=O) groups excluding carboxylic acids is 1. The minimum Gasteiger partial charge on any atom is -0.482 e. The van der Waals surface area contributed by atoms with Crippen LogP contribution in [0.25, 0.3) is 10.2 Å². The fraction of sp³-hybridized carbons (Fsp3) is 0.200. The Balaban J connectivity index is 1.77. The number of ether oxygens (including phenoxy) is 2. The van der Waals surface area contributed by atoms with Gasteiger partial charge in [-0.2, -0.15) is 4.99 Å². The number of nitrogens with zero attached hydrogens (tertiary/aromatic N) is 2. The van der Waals surface area contributed by atoms with E-state index in [0.717, 1.165) is 17.4 Å². The van der Waals surface area contributed by atoms with Gasteiger partial charge in [0.25, 0.3) is 5.91 Å². The third kappa shape index (κ3) is 3.14. The molecule has 0 N–H and O–H groups in total. The molecule has 0 spiro atoms. The highest BCUT2D eigenvalue weighted by Crippen LogP contribution is 2.33. The summed E-state index contributed by atoms with van der Waals surface area (Å²) in [6, 6.07) is 8.95. The molecule has 0 radical (unpaired) electrons. The Labute approximate surface area is 162 Å². The van der Waals surface area contributed by atoms with Gasteiger partial charge in [-0.15, -0.1) is 6.42 Å². The number of hydrogen-bond acceptors (Lipinski definition) is 4. The van der Waals surface area contributed by atoms with Gasteiger partial charge in [-0.25, -0.2) is 8.78 Å². The second kappa shape index (κ2) is 7.09. The number of rotatable bonds is 2. The van der Waals surface area contributed by atoms with Crippen LogP contribution in [0.4, 0.5) is 8.78 Å². The van der Waals surface area contributed by atoms with Crippen molar-refractivity contribution >= 4 is 27.5 Å². The average molecular weight is 400 g/mol. The maximum atomic E-state index is 14.3. The molecule has 2 aromatic carbocycles. The Bertz CT molecular complexity index is 1190. The summed E-state index contributed by atoms with van der Waals surface area (Å²) in [5.41, 5.74) is 0.107. The molecule has 0 saturated heterocycles. The van der Waals surface area contributed by atoms with Gasteiger partial charge in [-0.1, -0.05) is 29.4 Å². The second-order valence-corrected chi connectivity index (χ2v) is 7.18. The van der Waals surface area contributed by atoms with E-state index in [1.165, 1.54) is 10.6 Å². The molecule has 3 aromatic rings. The molecule has 4 rings (SSSR count). The van der Waals surface area contributed by atoms with Crippen molar-refractivity contribution < 1.29 is 23.0 Å². The third-order valence-electron chi connectivity index (χ3n) is 4.24. The lowest BCUT2D eigenvalue weighted by Crippen LogP contribution is -2.43. The van der Waals surface area contributed by atoms with Crippen molar-refractivity contribution in [1.82, 2.24) is 4.57 Å². The highest BCUT2D eigenvalue weighted by molar-refractivity contribution is 7.16. The molecule has 8 heteroatoms. The van der Waals surface area contributed by atoms with Gasteiger partial charge in [0, 0.05) is 6.07 Å². The second-order valence-electron chi connectivity index (χ2n) is 6.17. The van der Waals surface area contributed by atoms with Crippen molar-refractivity contribution in [3.63, 3.8) is 0 Å². The van der Waals surface area contributed by atoms with Gasteiger partial charge in [-0.3, -0.25) is 4.79 Å². The summed E-state index contributed by atoms with van der Waals surface area (Å²) in [7, 11) is 0. The van der Waals surface area contributed by atoms with Crippen molar-refractivity contribution in [2.24, 2.45) is 4.99 Å². The van der Waals surface area contributed by atoms with Crippen molar-refractivity contribution in [1.29, 1.82) is 0 Å². The van der Waals surface area contributed by atoms with E-state index >= 15 is 0 Å². The lowest BCUT2D eigenvalue weighted by Gasteiger charge is -2.29. The number of benzene rings is 2. The van der Waals surface area contributed by atoms with Gasteiger partial charge in [0.2, 0.25) is 6.10 Å². The van der Waals surface area contributed by atoms with E-state index in [-0.39, 0.29) is 16.9 Å². The predicted molar refractivity (Wildman–Crippen MR) is 100 cm³/mol. The van der Waals surface area contributed by atoms with Crippen LogP contribution < -0.4 is 14.3 Å². The molecule has 0 aliphatic carbocycles. The molecular formula is C20H14F2N2O3S. The average Bonchev–Trinajstić information content (AvgIpc) is 2.98. The zero-order valence-electron chi connectivity index (χ0n) is 14.7. The quantitative estimate of drug-likeness (QED) is 0.621. The van der Waals surface area contributed by atoms with Gasteiger partial charge in [0.05, 0.1) is 16.8 Å². The van der Waals surface area contributed by atoms with Gasteiger partial charge < -0.3 is 14.0 Å². The summed E-state index contributed by atoms with van der Waals surface area (Å²) in [5, 5.41) is 0. The molecule has 28 heavy (non-hydrogen) atoms. The summed E-state index contributed by atoms with van der Waals surface area (Å²) in [6.07, 6.45) is 3.83. The topological polar surface area (TPSA) is 52.8 Å². The van der Waals surface area contributed by atoms with Crippen LogP contribution in [0.2, 0.25) is 0 Å². The number of halogens is 2. The van der Waals surface area contributed by atoms with Crippen LogP contribution >= 0.6 is 11.3 Å². The summed E-state index contributed by atoms with van der Waals surface area (Å²) < 4.78 is 41.0. The minimum atomic E-state index is -0.971. The Morgan fingerprint density at radius 2 is 2.00 bits per heavy atom. The highest BCUT2D eigenvalue weighted by Gasteiger charge is 2.34. The Morgan fingerprint density at radius 3 is 2.71 bits per heavy atom. The smallest absolute Gasteiger partial charge is 0.293 e. The Hall–Kier alpha value is -3.18. The summed E-state index contributed by atoms with van der Waals surface area (Å²) in [5.74, 6) is 1.30. The SMILES string of the molecule is C#CCn1c(=NC(=O)C2Oc3ccccc3OC2C)sc2cc(F)cc(F)c21. The first kappa shape index (κ1) is 18.2. The van der Waals surface area contributed by atoms with Crippen LogP contribution in [-0.2, 0) is 11.3 Å². The number of aromatic nitrogens is 1. The lowest BCUT2D eigenvalue weighted by atomic mass is 10.1. The van der Waals surface area contributed by atoms with Gasteiger partial charge in [0.1, 0.15) is 11.9 Å². The normalized spacial score (nSPS) is 18.9.